The molecule has 3 aromatic carbocycles. The lowest BCUT2D eigenvalue weighted by molar-refractivity contribution is -0.137. The number of hydrogen-bond acceptors (Lipinski definition) is 4. The summed E-state index contributed by atoms with van der Waals surface area (Å²) < 4.78 is 0. The van der Waals surface area contributed by atoms with Gasteiger partial charge in [0.05, 0.1) is 6.04 Å². The van der Waals surface area contributed by atoms with Crippen molar-refractivity contribution in [2.45, 2.75) is 32.0 Å². The molecule has 2 heterocycles. The summed E-state index contributed by atoms with van der Waals surface area (Å²) in [6, 6.07) is 25.1. The van der Waals surface area contributed by atoms with Crippen molar-refractivity contribution in [1.82, 2.24) is 14.7 Å². The third-order valence-electron chi connectivity index (χ3n) is 7.64. The van der Waals surface area contributed by atoms with Crippen LogP contribution in [0.25, 0.3) is 0 Å². The van der Waals surface area contributed by atoms with E-state index in [1.165, 1.54) is 22.4 Å². The number of para-hydroxylation sites is 1. The number of fused-ring (bicyclic) bond motifs is 1. The van der Waals surface area contributed by atoms with Crippen LogP contribution >= 0.6 is 11.6 Å². The first-order chi connectivity index (χ1) is 18.0. The third-order valence-corrected chi connectivity index (χ3v) is 7.89. The van der Waals surface area contributed by atoms with Crippen LogP contribution in [0.2, 0.25) is 5.02 Å². The predicted octanol–water partition coefficient (Wildman–Crippen LogP) is 4.72. The van der Waals surface area contributed by atoms with E-state index < -0.39 is 0 Å². The monoisotopic (exact) mass is 516 g/mol. The van der Waals surface area contributed by atoms with Crippen molar-refractivity contribution in [1.29, 1.82) is 0 Å². The van der Waals surface area contributed by atoms with E-state index in [-0.39, 0.29) is 11.9 Å². The summed E-state index contributed by atoms with van der Waals surface area (Å²) in [6.07, 6.45) is 1.68. The van der Waals surface area contributed by atoms with Gasteiger partial charge in [0.15, 0.2) is 0 Å². The maximum absolute atomic E-state index is 14.1. The normalized spacial score (nSPS) is 17.1. The van der Waals surface area contributed by atoms with Gasteiger partial charge in [-0.1, -0.05) is 66.2 Å². The first-order valence-electron chi connectivity index (χ1n) is 13.3. The molecule has 1 amide bonds. The van der Waals surface area contributed by atoms with Gasteiger partial charge >= 0.3 is 0 Å². The first kappa shape index (κ1) is 25.8. The van der Waals surface area contributed by atoms with E-state index in [4.69, 9.17) is 11.6 Å². The molecule has 0 radical (unpaired) electrons. The zero-order valence-corrected chi connectivity index (χ0v) is 22.7. The molecule has 2 aliphatic heterocycles. The van der Waals surface area contributed by atoms with Crippen molar-refractivity contribution in [2.24, 2.45) is 0 Å². The van der Waals surface area contributed by atoms with Gasteiger partial charge in [-0.05, 0) is 67.4 Å². The van der Waals surface area contributed by atoms with Crippen molar-refractivity contribution in [2.75, 3.05) is 51.7 Å². The standard InChI is InChI=1S/C31H37ClN4O/c1-33(2)22-27-9-5-6-10-29(27)34-17-19-35(20-18-34)31(37)30(21-24-11-13-28(32)14-12-24)36-16-15-25-7-3-4-8-26(25)23-36/h3-14,30H,15-23H2,1-2H3/t30-/m1/s1. The molecule has 5 rings (SSSR count). The highest BCUT2D eigenvalue weighted by atomic mass is 35.5. The van der Waals surface area contributed by atoms with Crippen molar-refractivity contribution in [3.05, 3.63) is 100 Å². The van der Waals surface area contributed by atoms with Crippen LogP contribution in [0.4, 0.5) is 5.69 Å². The third kappa shape index (κ3) is 6.18. The zero-order valence-electron chi connectivity index (χ0n) is 21.9. The Hall–Kier alpha value is -2.86. The van der Waals surface area contributed by atoms with E-state index in [0.29, 0.717) is 6.42 Å². The van der Waals surface area contributed by atoms with Crippen molar-refractivity contribution in [3.8, 4) is 0 Å². The highest BCUT2D eigenvalue weighted by Gasteiger charge is 2.33. The minimum Gasteiger partial charge on any atom is -0.368 e. The lowest BCUT2D eigenvalue weighted by Gasteiger charge is -2.41. The molecule has 1 saturated heterocycles. The van der Waals surface area contributed by atoms with E-state index in [0.717, 1.165) is 62.8 Å². The first-order valence-corrected chi connectivity index (χ1v) is 13.7. The Morgan fingerprint density at radius 2 is 1.54 bits per heavy atom. The summed E-state index contributed by atoms with van der Waals surface area (Å²) >= 11 is 6.15. The molecule has 37 heavy (non-hydrogen) atoms. The van der Waals surface area contributed by atoms with Crippen LogP contribution in [0.3, 0.4) is 0 Å². The van der Waals surface area contributed by atoms with E-state index in [2.05, 4.69) is 94.4 Å². The Morgan fingerprint density at radius 3 is 2.27 bits per heavy atom. The number of rotatable bonds is 7. The minimum absolute atomic E-state index is 0.179. The van der Waals surface area contributed by atoms with Gasteiger partial charge in [-0.3, -0.25) is 9.69 Å². The van der Waals surface area contributed by atoms with E-state index >= 15 is 0 Å². The average molecular weight is 517 g/mol. The molecule has 0 saturated carbocycles. The number of benzene rings is 3. The van der Waals surface area contributed by atoms with Crippen LogP contribution in [0, 0.1) is 0 Å². The molecule has 0 aliphatic carbocycles. The molecule has 6 heteroatoms. The fraction of sp³-hybridized carbons (Fsp3) is 0.387. The summed E-state index contributed by atoms with van der Waals surface area (Å²) in [4.78, 5) is 23.2. The Kier molecular flexibility index (Phi) is 8.14. The van der Waals surface area contributed by atoms with Crippen molar-refractivity contribution >= 4 is 23.2 Å². The second kappa shape index (κ2) is 11.7. The summed E-state index contributed by atoms with van der Waals surface area (Å²) in [6.45, 7) is 5.83. The van der Waals surface area contributed by atoms with Gasteiger partial charge in [-0.15, -0.1) is 0 Å². The molecule has 3 aromatic rings. The summed E-state index contributed by atoms with van der Waals surface area (Å²) in [5.41, 5.74) is 6.51. The van der Waals surface area contributed by atoms with Gasteiger partial charge in [0.25, 0.3) is 0 Å². The molecule has 5 nitrogen and oxygen atoms in total. The fourth-order valence-corrected chi connectivity index (χ4v) is 5.80. The molecule has 0 N–H and O–H groups in total. The molecular formula is C31H37ClN4O. The largest absolute Gasteiger partial charge is 0.368 e. The van der Waals surface area contributed by atoms with Crippen LogP contribution in [-0.4, -0.2) is 73.5 Å². The molecular weight excluding hydrogens is 480 g/mol. The highest BCUT2D eigenvalue weighted by Crippen LogP contribution is 2.26. The van der Waals surface area contributed by atoms with E-state index in [9.17, 15) is 4.79 Å². The van der Waals surface area contributed by atoms with Crippen LogP contribution in [-0.2, 0) is 30.7 Å². The molecule has 194 valence electrons. The Bertz CT molecular complexity index is 1200. The van der Waals surface area contributed by atoms with Crippen LogP contribution in [0.15, 0.2) is 72.8 Å². The average Bonchev–Trinajstić information content (AvgIpc) is 2.92. The smallest absolute Gasteiger partial charge is 0.240 e. The second-order valence-corrected chi connectivity index (χ2v) is 11.0. The number of halogens is 1. The number of carbonyl (C=O) groups excluding carboxylic acids is 1. The molecule has 1 fully saturated rings. The van der Waals surface area contributed by atoms with Crippen molar-refractivity contribution < 1.29 is 4.79 Å². The number of nitrogens with zero attached hydrogens (tertiary/aromatic N) is 4. The summed E-state index contributed by atoms with van der Waals surface area (Å²) in [5.74, 6) is 0.246. The maximum atomic E-state index is 14.1. The number of hydrogen-bond donors (Lipinski definition) is 0. The molecule has 1 atom stereocenters. The van der Waals surface area contributed by atoms with Crippen LogP contribution in [0.1, 0.15) is 22.3 Å². The van der Waals surface area contributed by atoms with E-state index in [1.807, 2.05) is 12.1 Å². The van der Waals surface area contributed by atoms with Gasteiger partial charge in [-0.25, -0.2) is 0 Å². The highest BCUT2D eigenvalue weighted by molar-refractivity contribution is 6.30. The van der Waals surface area contributed by atoms with E-state index in [1.54, 1.807) is 0 Å². The number of piperazine rings is 1. The quantitative estimate of drug-likeness (QED) is 0.454. The molecule has 0 aromatic heterocycles. The lowest BCUT2D eigenvalue weighted by Crippen LogP contribution is -2.56. The topological polar surface area (TPSA) is 30.0 Å². The van der Waals surface area contributed by atoms with Gasteiger partial charge < -0.3 is 14.7 Å². The lowest BCUT2D eigenvalue weighted by atomic mass is 9.95. The molecule has 2 aliphatic rings. The molecule has 0 spiro atoms. The maximum Gasteiger partial charge on any atom is 0.240 e. The van der Waals surface area contributed by atoms with Crippen LogP contribution < -0.4 is 4.90 Å². The van der Waals surface area contributed by atoms with Gasteiger partial charge in [-0.2, -0.15) is 0 Å². The number of carbonyl (C=O) groups is 1. The number of anilines is 1. The molecule has 0 bridgehead atoms. The minimum atomic E-state index is -0.179. The Labute approximate surface area is 226 Å². The number of amides is 1. The summed E-state index contributed by atoms with van der Waals surface area (Å²) in [5, 5.41) is 0.726. The Balaban J connectivity index is 1.31. The predicted molar refractivity (Wildman–Crippen MR) is 152 cm³/mol. The summed E-state index contributed by atoms with van der Waals surface area (Å²) in [7, 11) is 4.21. The van der Waals surface area contributed by atoms with Crippen molar-refractivity contribution in [3.63, 3.8) is 0 Å². The molecule has 0 unspecified atom stereocenters. The van der Waals surface area contributed by atoms with Gasteiger partial charge in [0.1, 0.15) is 0 Å². The van der Waals surface area contributed by atoms with Gasteiger partial charge in [0, 0.05) is 56.5 Å². The Morgan fingerprint density at radius 1 is 0.865 bits per heavy atom. The second-order valence-electron chi connectivity index (χ2n) is 10.5. The van der Waals surface area contributed by atoms with Crippen LogP contribution in [0.5, 0.6) is 0 Å². The van der Waals surface area contributed by atoms with Gasteiger partial charge in [0.2, 0.25) is 5.91 Å². The fourth-order valence-electron chi connectivity index (χ4n) is 5.67. The SMILES string of the molecule is CN(C)Cc1ccccc1N1CCN(C(=O)[C@@H](Cc2ccc(Cl)cc2)N2CCc3ccccc3C2)CC1. The zero-order chi connectivity index (χ0) is 25.8.